The van der Waals surface area contributed by atoms with Crippen molar-refractivity contribution in [2.24, 2.45) is 11.0 Å². The molecule has 0 spiro atoms. The molecule has 216 valence electrons. The number of nitrogens with zero attached hydrogens (tertiary/aromatic N) is 2. The van der Waals surface area contributed by atoms with Crippen LogP contribution in [0, 0.1) is 5.92 Å². The maximum atomic E-state index is 13.7. The SMILES string of the molecule is CCC(=Cc1cccc(NC(=O)C(c2ccc(CN3N=C(c4ccccc4)OCC3=O)cc2)C2CCCC2)c1)C(=O)O. The van der Waals surface area contributed by atoms with Gasteiger partial charge in [0, 0.05) is 16.8 Å². The molecule has 2 amide bonds. The van der Waals surface area contributed by atoms with Crippen LogP contribution in [0.2, 0.25) is 0 Å². The largest absolute Gasteiger partial charge is 0.478 e. The molecule has 0 saturated heterocycles. The molecule has 1 fully saturated rings. The molecule has 0 radical (unpaired) electrons. The Bertz CT molecular complexity index is 1490. The van der Waals surface area contributed by atoms with Crippen molar-refractivity contribution in [3.05, 3.63) is 107 Å². The van der Waals surface area contributed by atoms with Gasteiger partial charge < -0.3 is 15.2 Å². The highest BCUT2D eigenvalue weighted by Crippen LogP contribution is 2.38. The van der Waals surface area contributed by atoms with Gasteiger partial charge in [0.05, 0.1) is 12.5 Å². The van der Waals surface area contributed by atoms with Gasteiger partial charge in [0.2, 0.25) is 11.8 Å². The summed E-state index contributed by atoms with van der Waals surface area (Å²) in [6.07, 6.45) is 6.22. The third kappa shape index (κ3) is 6.94. The number of hydrazone groups is 1. The molecule has 8 heteroatoms. The van der Waals surface area contributed by atoms with Crippen LogP contribution in [0.1, 0.15) is 67.2 Å². The molecule has 8 nitrogen and oxygen atoms in total. The molecule has 2 N–H and O–H groups in total. The van der Waals surface area contributed by atoms with Gasteiger partial charge in [-0.15, -0.1) is 5.10 Å². The minimum Gasteiger partial charge on any atom is -0.478 e. The first-order valence-corrected chi connectivity index (χ1v) is 14.4. The summed E-state index contributed by atoms with van der Waals surface area (Å²) in [6, 6.07) is 24.6. The maximum Gasteiger partial charge on any atom is 0.331 e. The zero-order valence-electron chi connectivity index (χ0n) is 23.7. The number of carbonyl (C=O) groups excluding carboxylic acids is 2. The summed E-state index contributed by atoms with van der Waals surface area (Å²) in [4.78, 5) is 37.7. The van der Waals surface area contributed by atoms with Gasteiger partial charge in [-0.05, 0) is 72.2 Å². The number of nitrogens with one attached hydrogen (secondary N) is 1. The van der Waals surface area contributed by atoms with E-state index in [2.05, 4.69) is 10.4 Å². The highest BCUT2D eigenvalue weighted by atomic mass is 16.5. The first-order valence-electron chi connectivity index (χ1n) is 14.4. The number of amides is 2. The first kappa shape index (κ1) is 28.8. The summed E-state index contributed by atoms with van der Waals surface area (Å²) in [6.45, 7) is 2.04. The van der Waals surface area contributed by atoms with E-state index in [1.807, 2.05) is 72.8 Å². The van der Waals surface area contributed by atoms with E-state index in [0.717, 1.165) is 47.9 Å². The van der Waals surface area contributed by atoms with Gasteiger partial charge in [-0.25, -0.2) is 9.80 Å². The normalized spacial score (nSPS) is 16.5. The van der Waals surface area contributed by atoms with Crippen LogP contribution in [-0.2, 0) is 25.7 Å². The van der Waals surface area contributed by atoms with E-state index >= 15 is 0 Å². The van der Waals surface area contributed by atoms with E-state index in [1.165, 1.54) is 5.01 Å². The van der Waals surface area contributed by atoms with Gasteiger partial charge >= 0.3 is 5.97 Å². The fraction of sp³-hybridized carbons (Fsp3) is 0.294. The Hall–Kier alpha value is -4.72. The molecule has 1 unspecified atom stereocenters. The topological polar surface area (TPSA) is 108 Å². The molecule has 0 aromatic heterocycles. The van der Waals surface area contributed by atoms with E-state index in [0.29, 0.717) is 30.1 Å². The number of hydrogen-bond donors (Lipinski definition) is 2. The molecule has 1 aliphatic carbocycles. The number of benzene rings is 3. The fourth-order valence-electron chi connectivity index (χ4n) is 5.62. The van der Waals surface area contributed by atoms with E-state index in [4.69, 9.17) is 4.74 Å². The summed E-state index contributed by atoms with van der Waals surface area (Å²) < 4.78 is 5.55. The highest BCUT2D eigenvalue weighted by Gasteiger charge is 2.32. The number of rotatable bonds is 10. The lowest BCUT2D eigenvalue weighted by molar-refractivity contribution is -0.136. The Balaban J connectivity index is 1.33. The summed E-state index contributed by atoms with van der Waals surface area (Å²) in [5.74, 6) is -0.912. The molecule has 1 aliphatic heterocycles. The van der Waals surface area contributed by atoms with Crippen molar-refractivity contribution < 1.29 is 24.2 Å². The molecule has 1 saturated carbocycles. The van der Waals surface area contributed by atoms with Crippen molar-refractivity contribution in [3.8, 4) is 0 Å². The molecule has 3 aromatic carbocycles. The van der Waals surface area contributed by atoms with Crippen molar-refractivity contribution in [2.45, 2.75) is 51.5 Å². The van der Waals surface area contributed by atoms with Crippen molar-refractivity contribution in [3.63, 3.8) is 0 Å². The van der Waals surface area contributed by atoms with Gasteiger partial charge in [0.25, 0.3) is 5.91 Å². The van der Waals surface area contributed by atoms with Gasteiger partial charge in [-0.3, -0.25) is 9.59 Å². The van der Waals surface area contributed by atoms with Gasteiger partial charge in [0.1, 0.15) is 0 Å². The minimum absolute atomic E-state index is 0.0667. The quantitative estimate of drug-likeness (QED) is 0.285. The lowest BCUT2D eigenvalue weighted by atomic mass is 9.83. The Labute approximate surface area is 245 Å². The summed E-state index contributed by atoms with van der Waals surface area (Å²) in [7, 11) is 0. The third-order valence-electron chi connectivity index (χ3n) is 7.83. The average molecular weight is 566 g/mol. The molecule has 5 rings (SSSR count). The van der Waals surface area contributed by atoms with Crippen LogP contribution in [0.4, 0.5) is 5.69 Å². The van der Waals surface area contributed by atoms with Crippen molar-refractivity contribution >= 4 is 35.4 Å². The number of hydrogen-bond acceptors (Lipinski definition) is 5. The number of ether oxygens (including phenoxy) is 1. The zero-order valence-corrected chi connectivity index (χ0v) is 23.7. The first-order chi connectivity index (χ1) is 20.4. The van der Waals surface area contributed by atoms with E-state index in [-0.39, 0.29) is 30.3 Å². The van der Waals surface area contributed by atoms with Crippen LogP contribution >= 0.6 is 0 Å². The molecular weight excluding hydrogens is 530 g/mol. The summed E-state index contributed by atoms with van der Waals surface area (Å²) in [5, 5.41) is 18.3. The van der Waals surface area contributed by atoms with Crippen molar-refractivity contribution in [1.82, 2.24) is 5.01 Å². The summed E-state index contributed by atoms with van der Waals surface area (Å²) >= 11 is 0. The zero-order chi connectivity index (χ0) is 29.5. The van der Waals surface area contributed by atoms with Gasteiger partial charge in [0.15, 0.2) is 6.61 Å². The molecule has 42 heavy (non-hydrogen) atoms. The Morgan fingerprint density at radius 2 is 1.79 bits per heavy atom. The van der Waals surface area contributed by atoms with Gasteiger partial charge in [-0.1, -0.05) is 74.4 Å². The lowest BCUT2D eigenvalue weighted by Crippen LogP contribution is -2.36. The maximum absolute atomic E-state index is 13.7. The van der Waals surface area contributed by atoms with Crippen LogP contribution < -0.4 is 5.32 Å². The average Bonchev–Trinajstić information content (AvgIpc) is 3.53. The molecule has 1 atom stereocenters. The Morgan fingerprint density at radius 1 is 1.05 bits per heavy atom. The van der Waals surface area contributed by atoms with E-state index in [9.17, 15) is 19.5 Å². The molecular formula is C34H35N3O5. The predicted molar refractivity (Wildman–Crippen MR) is 162 cm³/mol. The predicted octanol–water partition coefficient (Wildman–Crippen LogP) is 6.20. The summed E-state index contributed by atoms with van der Waals surface area (Å²) in [5.41, 5.74) is 4.31. The Kier molecular flexibility index (Phi) is 9.12. The minimum atomic E-state index is -0.946. The van der Waals surface area contributed by atoms with Crippen LogP contribution in [0.15, 0.2) is 89.5 Å². The standard InChI is InChI=1S/C34H35N3O5/c1-2-25(34(40)41)19-24-9-8-14-29(20-24)35-32(39)31(26-10-6-7-11-26)27-17-15-23(16-18-27)21-37-30(38)22-42-33(36-37)28-12-4-3-5-13-28/h3-5,8-9,12-20,26,31H,2,6-7,10-11,21-22H2,1H3,(H,35,39)(H,40,41). The van der Waals surface area contributed by atoms with Gasteiger partial charge in [-0.2, -0.15) is 0 Å². The number of carbonyl (C=O) groups is 3. The van der Waals surface area contributed by atoms with Crippen LogP contribution in [0.25, 0.3) is 6.08 Å². The second-order valence-corrected chi connectivity index (χ2v) is 10.7. The second kappa shape index (κ2) is 13.3. The highest BCUT2D eigenvalue weighted by molar-refractivity contribution is 5.98. The monoisotopic (exact) mass is 565 g/mol. The smallest absolute Gasteiger partial charge is 0.331 e. The molecule has 2 aliphatic rings. The molecule has 0 bridgehead atoms. The van der Waals surface area contributed by atoms with Crippen LogP contribution in [0.5, 0.6) is 0 Å². The van der Waals surface area contributed by atoms with E-state index in [1.54, 1.807) is 19.1 Å². The van der Waals surface area contributed by atoms with Crippen molar-refractivity contribution in [1.29, 1.82) is 0 Å². The van der Waals surface area contributed by atoms with Crippen molar-refractivity contribution in [2.75, 3.05) is 11.9 Å². The Morgan fingerprint density at radius 3 is 2.48 bits per heavy atom. The number of anilines is 1. The lowest BCUT2D eigenvalue weighted by Gasteiger charge is -2.25. The van der Waals surface area contributed by atoms with Crippen LogP contribution in [-0.4, -0.2) is 40.4 Å². The number of carboxylic acid groups (broad SMARTS) is 1. The van der Waals surface area contributed by atoms with Crippen LogP contribution in [0.3, 0.4) is 0 Å². The fourth-order valence-corrected chi connectivity index (χ4v) is 5.62. The second-order valence-electron chi connectivity index (χ2n) is 10.7. The molecule has 1 heterocycles. The number of aliphatic carboxylic acids is 1. The number of carboxylic acids is 1. The van der Waals surface area contributed by atoms with E-state index < -0.39 is 5.97 Å². The molecule has 3 aromatic rings. The third-order valence-corrected chi connectivity index (χ3v) is 7.83.